The zero-order valence-corrected chi connectivity index (χ0v) is 12.5. The molecule has 1 unspecified atom stereocenters. The molecule has 18 heavy (non-hydrogen) atoms. The van der Waals surface area contributed by atoms with Gasteiger partial charge in [0.05, 0.1) is 0 Å². The van der Waals surface area contributed by atoms with Crippen molar-refractivity contribution in [1.82, 2.24) is 0 Å². The molecule has 0 spiro atoms. The predicted octanol–water partition coefficient (Wildman–Crippen LogP) is 4.38. The Morgan fingerprint density at radius 1 is 1.39 bits per heavy atom. The summed E-state index contributed by atoms with van der Waals surface area (Å²) in [6.45, 7) is 8.79. The Kier molecular flexibility index (Phi) is 4.00. The summed E-state index contributed by atoms with van der Waals surface area (Å²) >= 11 is 1.66. The lowest BCUT2D eigenvalue weighted by molar-refractivity contribution is 0.695. The maximum absolute atomic E-state index is 8.21. The number of anilines is 1. The van der Waals surface area contributed by atoms with Gasteiger partial charge in [0.2, 0.25) is 0 Å². The Hall–Kier alpha value is -0.960. The second kappa shape index (κ2) is 5.35. The molecule has 1 saturated heterocycles. The molecule has 3 heteroatoms. The second-order valence-corrected chi connectivity index (χ2v) is 6.46. The molecular formula is C15H22N2S. The van der Waals surface area contributed by atoms with Gasteiger partial charge in [0, 0.05) is 17.5 Å². The Morgan fingerprint density at radius 2 is 2.11 bits per heavy atom. The van der Waals surface area contributed by atoms with Crippen molar-refractivity contribution in [2.24, 2.45) is 0 Å². The number of nitrogens with zero attached hydrogens (tertiary/aromatic N) is 1. The third-order valence-electron chi connectivity index (χ3n) is 3.50. The van der Waals surface area contributed by atoms with Gasteiger partial charge in [-0.05, 0) is 43.4 Å². The quantitative estimate of drug-likeness (QED) is 0.856. The van der Waals surface area contributed by atoms with E-state index in [1.165, 1.54) is 16.8 Å². The van der Waals surface area contributed by atoms with E-state index in [-0.39, 0.29) is 0 Å². The average molecular weight is 262 g/mol. The minimum absolute atomic E-state index is 0.429. The smallest absolute Gasteiger partial charge is 0.161 e. The summed E-state index contributed by atoms with van der Waals surface area (Å²) in [5, 5.41) is 8.91. The molecule has 0 bridgehead atoms. The molecule has 0 aliphatic carbocycles. The van der Waals surface area contributed by atoms with Crippen molar-refractivity contribution in [3.63, 3.8) is 0 Å². The maximum Gasteiger partial charge on any atom is 0.161 e. The third kappa shape index (κ3) is 2.56. The lowest BCUT2D eigenvalue weighted by Gasteiger charge is -2.37. The Bertz CT molecular complexity index is 454. The molecule has 0 amide bonds. The highest BCUT2D eigenvalue weighted by atomic mass is 32.2. The van der Waals surface area contributed by atoms with Gasteiger partial charge in [0.1, 0.15) is 0 Å². The third-order valence-corrected chi connectivity index (χ3v) is 4.41. The lowest BCUT2D eigenvalue weighted by Crippen LogP contribution is -2.41. The first kappa shape index (κ1) is 13.5. The number of thioether (sulfide) groups is 1. The highest BCUT2D eigenvalue weighted by Gasteiger charge is 2.26. The zero-order chi connectivity index (χ0) is 13.3. The first-order valence-electron chi connectivity index (χ1n) is 6.62. The van der Waals surface area contributed by atoms with Gasteiger partial charge in [0.25, 0.3) is 0 Å². The first-order chi connectivity index (χ1) is 8.50. The van der Waals surface area contributed by atoms with Crippen LogP contribution in [0.2, 0.25) is 0 Å². The zero-order valence-electron chi connectivity index (χ0n) is 11.7. The van der Waals surface area contributed by atoms with Crippen LogP contribution in [0.25, 0.3) is 0 Å². The Morgan fingerprint density at radius 3 is 2.72 bits per heavy atom. The minimum atomic E-state index is 0.429. The van der Waals surface area contributed by atoms with Crippen molar-refractivity contribution in [1.29, 1.82) is 5.41 Å². The number of nitrogens with one attached hydrogen (secondary N) is 1. The van der Waals surface area contributed by atoms with E-state index in [4.69, 9.17) is 5.41 Å². The monoisotopic (exact) mass is 262 g/mol. The summed E-state index contributed by atoms with van der Waals surface area (Å²) < 4.78 is 0. The van der Waals surface area contributed by atoms with Gasteiger partial charge < -0.3 is 4.90 Å². The van der Waals surface area contributed by atoms with E-state index in [9.17, 15) is 0 Å². The standard InChI is InChI=1S/C15H22N2S/c1-10(2)13-6-5-11(3)9-14(13)17-12(4)7-8-18-15(17)16/h5-6,9-10,12,16H,7-8H2,1-4H3. The van der Waals surface area contributed by atoms with Crippen LogP contribution in [-0.2, 0) is 0 Å². The largest absolute Gasteiger partial charge is 0.318 e. The minimum Gasteiger partial charge on any atom is -0.318 e. The van der Waals surface area contributed by atoms with Crippen LogP contribution in [0.3, 0.4) is 0 Å². The van der Waals surface area contributed by atoms with E-state index in [0.717, 1.165) is 12.2 Å². The lowest BCUT2D eigenvalue weighted by atomic mass is 9.98. The first-order valence-corrected chi connectivity index (χ1v) is 7.60. The molecule has 1 aliphatic rings. The number of benzene rings is 1. The van der Waals surface area contributed by atoms with Gasteiger partial charge in [-0.15, -0.1) is 0 Å². The highest BCUT2D eigenvalue weighted by molar-refractivity contribution is 8.14. The normalized spacial score (nSPS) is 20.6. The molecule has 1 N–H and O–H groups in total. The number of amidine groups is 1. The van der Waals surface area contributed by atoms with Crippen LogP contribution >= 0.6 is 11.8 Å². The molecule has 98 valence electrons. The summed E-state index contributed by atoms with van der Waals surface area (Å²) in [6.07, 6.45) is 1.15. The molecule has 1 aromatic carbocycles. The van der Waals surface area contributed by atoms with Crippen molar-refractivity contribution in [2.75, 3.05) is 10.7 Å². The van der Waals surface area contributed by atoms with Crippen molar-refractivity contribution >= 4 is 22.6 Å². The van der Waals surface area contributed by atoms with Crippen LogP contribution in [0.1, 0.15) is 44.2 Å². The number of hydrogen-bond acceptors (Lipinski definition) is 2. The molecule has 1 atom stereocenters. The summed E-state index contributed by atoms with van der Waals surface area (Å²) in [6, 6.07) is 7.04. The van der Waals surface area contributed by atoms with Crippen molar-refractivity contribution < 1.29 is 0 Å². The van der Waals surface area contributed by atoms with E-state index in [2.05, 4.69) is 50.8 Å². The Balaban J connectivity index is 2.47. The van der Waals surface area contributed by atoms with Gasteiger partial charge in [-0.25, -0.2) is 0 Å². The number of rotatable bonds is 2. The SMILES string of the molecule is Cc1ccc(C(C)C)c(N2C(=N)SCCC2C)c1. The van der Waals surface area contributed by atoms with E-state index in [0.29, 0.717) is 17.1 Å². The van der Waals surface area contributed by atoms with Crippen LogP contribution < -0.4 is 4.90 Å². The van der Waals surface area contributed by atoms with Gasteiger partial charge >= 0.3 is 0 Å². The molecule has 0 aromatic heterocycles. The topological polar surface area (TPSA) is 27.1 Å². The van der Waals surface area contributed by atoms with E-state index in [1.807, 2.05) is 0 Å². The fraction of sp³-hybridized carbons (Fsp3) is 0.533. The molecule has 2 rings (SSSR count). The average Bonchev–Trinajstić information content (AvgIpc) is 2.28. The maximum atomic E-state index is 8.21. The van der Waals surface area contributed by atoms with Crippen LogP contribution in [0.4, 0.5) is 5.69 Å². The molecule has 1 heterocycles. The van der Waals surface area contributed by atoms with Crippen LogP contribution in [0.5, 0.6) is 0 Å². The van der Waals surface area contributed by atoms with Crippen molar-refractivity contribution in [2.45, 2.75) is 46.1 Å². The van der Waals surface area contributed by atoms with Gasteiger partial charge in [0.15, 0.2) is 5.17 Å². The highest BCUT2D eigenvalue weighted by Crippen LogP contribution is 2.34. The number of hydrogen-bond donors (Lipinski definition) is 1. The summed E-state index contributed by atoms with van der Waals surface area (Å²) in [7, 11) is 0. The van der Waals surface area contributed by atoms with E-state index in [1.54, 1.807) is 11.8 Å². The van der Waals surface area contributed by atoms with Crippen molar-refractivity contribution in [3.05, 3.63) is 29.3 Å². The van der Waals surface area contributed by atoms with Gasteiger partial charge in [-0.2, -0.15) is 0 Å². The molecule has 0 saturated carbocycles. The second-order valence-electron chi connectivity index (χ2n) is 5.38. The van der Waals surface area contributed by atoms with E-state index < -0.39 is 0 Å². The fourth-order valence-corrected chi connectivity index (χ4v) is 3.49. The molecular weight excluding hydrogens is 240 g/mol. The summed E-state index contributed by atoms with van der Waals surface area (Å²) in [5.41, 5.74) is 3.85. The molecule has 1 fully saturated rings. The Labute approximate surface area is 114 Å². The van der Waals surface area contributed by atoms with E-state index >= 15 is 0 Å². The molecule has 1 aromatic rings. The summed E-state index contributed by atoms with van der Waals surface area (Å²) in [5.74, 6) is 1.56. The molecule has 1 aliphatic heterocycles. The van der Waals surface area contributed by atoms with Gasteiger partial charge in [-0.3, -0.25) is 5.41 Å². The van der Waals surface area contributed by atoms with Crippen molar-refractivity contribution in [3.8, 4) is 0 Å². The summed E-state index contributed by atoms with van der Waals surface area (Å²) in [4.78, 5) is 2.20. The fourth-order valence-electron chi connectivity index (χ4n) is 2.42. The van der Waals surface area contributed by atoms with Crippen LogP contribution in [0.15, 0.2) is 18.2 Å². The molecule has 2 nitrogen and oxygen atoms in total. The van der Waals surface area contributed by atoms with Gasteiger partial charge in [-0.1, -0.05) is 37.7 Å². The van der Waals surface area contributed by atoms with Crippen LogP contribution in [0, 0.1) is 12.3 Å². The van der Waals surface area contributed by atoms with Crippen LogP contribution in [-0.4, -0.2) is 17.0 Å². The number of aryl methyl sites for hydroxylation is 1. The predicted molar refractivity (Wildman–Crippen MR) is 82.0 cm³/mol. The molecule has 0 radical (unpaired) electrons.